The molecule has 0 saturated heterocycles. The third kappa shape index (κ3) is 29.7. The topological polar surface area (TPSA) is 94.8 Å². The molecule has 18 heavy (non-hydrogen) atoms. The van der Waals surface area contributed by atoms with Crippen molar-refractivity contribution in [1.82, 2.24) is 0 Å². The standard InChI is InChI=1S/C12H26O.H2O4S/c1-3-4-5-6-9-12(2)10-7-8-11-13;1-5(2,3)4/h12-13H,3-11H2,1-2H3;(H2,1,2,3,4). The average Bonchev–Trinajstić information content (AvgIpc) is 2.22. The van der Waals surface area contributed by atoms with Crippen LogP contribution in [-0.4, -0.2) is 29.2 Å². The molecule has 0 aromatic rings. The van der Waals surface area contributed by atoms with Gasteiger partial charge in [-0.05, 0) is 12.3 Å². The summed E-state index contributed by atoms with van der Waals surface area (Å²) in [4.78, 5) is 0. The third-order valence-electron chi connectivity index (χ3n) is 2.66. The van der Waals surface area contributed by atoms with Gasteiger partial charge in [0.2, 0.25) is 0 Å². The first-order valence-corrected chi connectivity index (χ1v) is 8.01. The maximum Gasteiger partial charge on any atom is 0.394 e. The summed E-state index contributed by atoms with van der Waals surface area (Å²) < 4.78 is 31.6. The van der Waals surface area contributed by atoms with Gasteiger partial charge in [0.15, 0.2) is 0 Å². The Hall–Kier alpha value is -0.170. The molecule has 6 heteroatoms. The lowest BCUT2D eigenvalue weighted by atomic mass is 9.97. The normalized spacial score (nSPS) is 12.7. The van der Waals surface area contributed by atoms with E-state index in [-0.39, 0.29) is 0 Å². The highest BCUT2D eigenvalue weighted by Crippen LogP contribution is 2.15. The van der Waals surface area contributed by atoms with Crippen LogP contribution in [-0.2, 0) is 10.4 Å². The molecule has 1 unspecified atom stereocenters. The van der Waals surface area contributed by atoms with Gasteiger partial charge < -0.3 is 5.11 Å². The SMILES string of the molecule is CCCCCCC(C)CCCCO.O=S(=O)(O)O. The molecule has 0 aliphatic rings. The number of hydrogen-bond donors (Lipinski definition) is 3. The van der Waals surface area contributed by atoms with E-state index in [1.165, 1.54) is 44.9 Å². The van der Waals surface area contributed by atoms with Crippen LogP contribution in [0.15, 0.2) is 0 Å². The highest BCUT2D eigenvalue weighted by atomic mass is 32.3. The second kappa shape index (κ2) is 13.3. The van der Waals surface area contributed by atoms with E-state index in [9.17, 15) is 0 Å². The van der Waals surface area contributed by atoms with Crippen molar-refractivity contribution in [3.05, 3.63) is 0 Å². The minimum atomic E-state index is -4.67. The summed E-state index contributed by atoms with van der Waals surface area (Å²) in [6.45, 7) is 4.95. The van der Waals surface area contributed by atoms with E-state index in [2.05, 4.69) is 13.8 Å². The van der Waals surface area contributed by atoms with Crippen molar-refractivity contribution < 1.29 is 22.6 Å². The van der Waals surface area contributed by atoms with E-state index in [1.807, 2.05) is 0 Å². The Labute approximate surface area is 111 Å². The maximum absolute atomic E-state index is 8.74. The third-order valence-corrected chi connectivity index (χ3v) is 2.66. The monoisotopic (exact) mass is 284 g/mol. The number of aliphatic hydroxyl groups is 1. The highest BCUT2D eigenvalue weighted by Gasteiger charge is 2.00. The Morgan fingerprint density at radius 1 is 0.944 bits per heavy atom. The van der Waals surface area contributed by atoms with E-state index in [0.717, 1.165) is 12.3 Å². The van der Waals surface area contributed by atoms with Gasteiger partial charge in [0.05, 0.1) is 0 Å². The van der Waals surface area contributed by atoms with Crippen LogP contribution in [0.5, 0.6) is 0 Å². The van der Waals surface area contributed by atoms with Crippen LogP contribution in [0.3, 0.4) is 0 Å². The fraction of sp³-hybridized carbons (Fsp3) is 1.00. The van der Waals surface area contributed by atoms with Crippen LogP contribution < -0.4 is 0 Å². The van der Waals surface area contributed by atoms with Gasteiger partial charge in [-0.1, -0.05) is 58.8 Å². The summed E-state index contributed by atoms with van der Waals surface area (Å²) in [5.74, 6) is 0.864. The Balaban J connectivity index is 0. The molecule has 0 heterocycles. The summed E-state index contributed by atoms with van der Waals surface area (Å²) in [7, 11) is -4.67. The lowest BCUT2D eigenvalue weighted by Crippen LogP contribution is -1.95. The summed E-state index contributed by atoms with van der Waals surface area (Å²) >= 11 is 0. The van der Waals surface area contributed by atoms with Gasteiger partial charge in [0, 0.05) is 6.61 Å². The Kier molecular flexibility index (Phi) is 14.9. The van der Waals surface area contributed by atoms with Crippen LogP contribution in [0.1, 0.15) is 65.2 Å². The van der Waals surface area contributed by atoms with E-state index < -0.39 is 10.4 Å². The lowest BCUT2D eigenvalue weighted by Gasteiger charge is -2.09. The molecule has 0 aromatic carbocycles. The van der Waals surface area contributed by atoms with Crippen LogP contribution in [0, 0.1) is 5.92 Å². The number of rotatable bonds is 9. The average molecular weight is 284 g/mol. The second-order valence-electron chi connectivity index (χ2n) is 4.62. The molecule has 0 rings (SSSR count). The first-order chi connectivity index (χ1) is 8.31. The first kappa shape index (κ1) is 20.2. The van der Waals surface area contributed by atoms with Crippen molar-refractivity contribution in [2.75, 3.05) is 6.61 Å². The van der Waals surface area contributed by atoms with Gasteiger partial charge in [-0.25, -0.2) is 0 Å². The van der Waals surface area contributed by atoms with E-state index in [0.29, 0.717) is 6.61 Å². The van der Waals surface area contributed by atoms with Crippen LogP contribution in [0.2, 0.25) is 0 Å². The number of hydrogen-bond acceptors (Lipinski definition) is 3. The molecule has 0 amide bonds. The van der Waals surface area contributed by atoms with Crippen molar-refractivity contribution >= 4 is 10.4 Å². The quantitative estimate of drug-likeness (QED) is 0.446. The number of aliphatic hydroxyl groups excluding tert-OH is 1. The predicted molar refractivity (Wildman–Crippen MR) is 73.0 cm³/mol. The van der Waals surface area contributed by atoms with E-state index in [1.54, 1.807) is 0 Å². The van der Waals surface area contributed by atoms with Crippen molar-refractivity contribution in [2.45, 2.75) is 65.2 Å². The van der Waals surface area contributed by atoms with Crippen molar-refractivity contribution in [3.8, 4) is 0 Å². The Morgan fingerprint density at radius 3 is 1.78 bits per heavy atom. The van der Waals surface area contributed by atoms with E-state index >= 15 is 0 Å². The summed E-state index contributed by atoms with van der Waals surface area (Å²) in [5.41, 5.74) is 0. The predicted octanol–water partition coefficient (Wildman–Crippen LogP) is 3.10. The minimum Gasteiger partial charge on any atom is -0.396 e. The molecule has 0 aliphatic heterocycles. The van der Waals surface area contributed by atoms with Gasteiger partial charge in [-0.15, -0.1) is 0 Å². The Morgan fingerprint density at radius 2 is 1.39 bits per heavy atom. The van der Waals surface area contributed by atoms with Gasteiger partial charge >= 0.3 is 10.4 Å². The zero-order valence-electron chi connectivity index (χ0n) is 11.5. The molecule has 0 fully saturated rings. The molecule has 0 saturated carbocycles. The van der Waals surface area contributed by atoms with Crippen molar-refractivity contribution in [3.63, 3.8) is 0 Å². The Bertz CT molecular complexity index is 243. The lowest BCUT2D eigenvalue weighted by molar-refractivity contribution is 0.277. The molecular weight excluding hydrogens is 256 g/mol. The molecule has 0 spiro atoms. The number of unbranched alkanes of at least 4 members (excludes halogenated alkanes) is 4. The van der Waals surface area contributed by atoms with Gasteiger partial charge in [0.1, 0.15) is 0 Å². The molecule has 3 N–H and O–H groups in total. The van der Waals surface area contributed by atoms with Gasteiger partial charge in [0.25, 0.3) is 0 Å². The molecule has 1 atom stereocenters. The fourth-order valence-electron chi connectivity index (χ4n) is 1.67. The van der Waals surface area contributed by atoms with Gasteiger partial charge in [-0.2, -0.15) is 8.42 Å². The molecule has 0 bridgehead atoms. The van der Waals surface area contributed by atoms with E-state index in [4.69, 9.17) is 22.6 Å². The second-order valence-corrected chi connectivity index (χ2v) is 5.52. The maximum atomic E-state index is 8.74. The smallest absolute Gasteiger partial charge is 0.394 e. The minimum absolute atomic E-state index is 0.364. The molecular formula is C12H28O5S. The largest absolute Gasteiger partial charge is 0.396 e. The van der Waals surface area contributed by atoms with Crippen molar-refractivity contribution in [1.29, 1.82) is 0 Å². The van der Waals surface area contributed by atoms with Crippen LogP contribution in [0.4, 0.5) is 0 Å². The zero-order chi connectivity index (χ0) is 14.4. The van der Waals surface area contributed by atoms with Gasteiger partial charge in [-0.3, -0.25) is 9.11 Å². The summed E-state index contributed by atoms with van der Waals surface area (Å²) in [6.07, 6.45) is 10.4. The van der Waals surface area contributed by atoms with Crippen LogP contribution >= 0.6 is 0 Å². The molecule has 5 nitrogen and oxygen atoms in total. The molecule has 112 valence electrons. The van der Waals surface area contributed by atoms with Crippen molar-refractivity contribution in [2.24, 2.45) is 5.92 Å². The summed E-state index contributed by atoms with van der Waals surface area (Å²) in [6, 6.07) is 0. The zero-order valence-corrected chi connectivity index (χ0v) is 12.3. The molecule has 0 radical (unpaired) electrons. The first-order valence-electron chi connectivity index (χ1n) is 6.62. The summed E-state index contributed by atoms with van der Waals surface area (Å²) in [5, 5.41) is 8.63. The molecule has 0 aliphatic carbocycles. The highest BCUT2D eigenvalue weighted by molar-refractivity contribution is 7.79. The fourth-order valence-corrected chi connectivity index (χ4v) is 1.67. The van der Waals surface area contributed by atoms with Crippen LogP contribution in [0.25, 0.3) is 0 Å². The molecule has 0 aromatic heterocycles.